The summed E-state index contributed by atoms with van der Waals surface area (Å²) in [6.07, 6.45) is 4.82. The van der Waals surface area contributed by atoms with Crippen LogP contribution in [-0.4, -0.2) is 54.5 Å². The van der Waals surface area contributed by atoms with Gasteiger partial charge >= 0.3 is 0 Å². The topological polar surface area (TPSA) is 132 Å². The fraction of sp³-hybridized carbons (Fsp3) is 0.280. The third-order valence-corrected chi connectivity index (χ3v) is 6.87. The summed E-state index contributed by atoms with van der Waals surface area (Å²) in [5.41, 5.74) is 8.78. The van der Waals surface area contributed by atoms with Crippen molar-refractivity contribution in [3.05, 3.63) is 47.2 Å². The predicted molar refractivity (Wildman–Crippen MR) is 138 cm³/mol. The van der Waals surface area contributed by atoms with E-state index in [2.05, 4.69) is 32.1 Å². The van der Waals surface area contributed by atoms with Gasteiger partial charge in [0.2, 0.25) is 0 Å². The van der Waals surface area contributed by atoms with Gasteiger partial charge in [-0.15, -0.1) is 11.3 Å². The molecule has 1 aromatic carbocycles. The number of hydrogen-bond acceptors (Lipinski definition) is 8. The molecule has 0 aliphatic carbocycles. The van der Waals surface area contributed by atoms with Crippen LogP contribution < -0.4 is 11.1 Å². The number of anilines is 2. The number of carbonyl (C=O) groups excluding carboxylic acids is 2. The summed E-state index contributed by atoms with van der Waals surface area (Å²) in [4.78, 5) is 40.6. The first kappa shape index (κ1) is 23.4. The zero-order valence-corrected chi connectivity index (χ0v) is 20.7. The molecule has 2 amide bonds. The van der Waals surface area contributed by atoms with Crippen LogP contribution in [0.15, 0.2) is 36.8 Å². The van der Waals surface area contributed by atoms with E-state index in [-0.39, 0.29) is 17.9 Å². The number of fused-ring (bicyclic) bond motifs is 1. The van der Waals surface area contributed by atoms with E-state index in [1.807, 2.05) is 23.7 Å². The molecule has 4 heterocycles. The number of piperidine rings is 1. The molecule has 0 radical (unpaired) electrons. The van der Waals surface area contributed by atoms with Crippen molar-refractivity contribution in [2.24, 2.45) is 0 Å². The third-order valence-electron chi connectivity index (χ3n) is 6.04. The van der Waals surface area contributed by atoms with E-state index in [1.54, 1.807) is 30.2 Å². The second-order valence-corrected chi connectivity index (χ2v) is 9.72. The largest absolute Gasteiger partial charge is 0.383 e. The van der Waals surface area contributed by atoms with E-state index in [4.69, 9.17) is 10.8 Å². The number of nitrogens with one attached hydrogen (secondary N) is 1. The Balaban J connectivity index is 1.46. The Hall–Kier alpha value is -4.30. The molecule has 0 saturated carbocycles. The quantitative estimate of drug-likeness (QED) is 0.411. The summed E-state index contributed by atoms with van der Waals surface area (Å²) in [7, 11) is 0. The minimum Gasteiger partial charge on any atom is -0.383 e. The van der Waals surface area contributed by atoms with Crippen LogP contribution in [-0.2, 0) is 4.79 Å². The molecular formula is C25H24N8O2S. The number of benzene rings is 1. The molecule has 1 saturated heterocycles. The number of nitrogen functional groups attached to an aromatic ring is 1. The van der Waals surface area contributed by atoms with E-state index in [0.29, 0.717) is 46.3 Å². The minimum absolute atomic E-state index is 0.0706. The Morgan fingerprint density at radius 1 is 1.19 bits per heavy atom. The molecule has 3 N–H and O–H groups in total. The number of aryl methyl sites for hydroxylation is 1. The predicted octanol–water partition coefficient (Wildman–Crippen LogP) is 3.28. The van der Waals surface area contributed by atoms with Gasteiger partial charge in [0.15, 0.2) is 10.8 Å². The number of likely N-dealkylation sites (tertiary alicyclic amines) is 1. The molecule has 0 unspecified atom stereocenters. The monoisotopic (exact) mass is 500 g/mol. The van der Waals surface area contributed by atoms with Crippen LogP contribution in [0.4, 0.5) is 10.9 Å². The van der Waals surface area contributed by atoms with Gasteiger partial charge in [0.05, 0.1) is 11.4 Å². The van der Waals surface area contributed by atoms with Gasteiger partial charge in [-0.1, -0.05) is 18.1 Å². The number of carbonyl (C=O) groups is 2. The second-order valence-electron chi connectivity index (χ2n) is 8.48. The highest BCUT2D eigenvalue weighted by molar-refractivity contribution is 7.15. The van der Waals surface area contributed by atoms with Crippen LogP contribution in [0.25, 0.3) is 22.3 Å². The summed E-state index contributed by atoms with van der Waals surface area (Å²) in [6, 6.07) is 7.06. The molecule has 1 fully saturated rings. The minimum atomic E-state index is -0.240. The zero-order chi connectivity index (χ0) is 25.2. The van der Waals surface area contributed by atoms with Gasteiger partial charge in [-0.25, -0.2) is 19.6 Å². The Bertz CT molecular complexity index is 1510. The second kappa shape index (κ2) is 9.75. The van der Waals surface area contributed by atoms with Crippen molar-refractivity contribution in [3.63, 3.8) is 0 Å². The van der Waals surface area contributed by atoms with Crippen molar-refractivity contribution in [2.45, 2.75) is 32.7 Å². The highest BCUT2D eigenvalue weighted by Gasteiger charge is 2.28. The molecule has 1 aliphatic rings. The lowest BCUT2D eigenvalue weighted by atomic mass is 10.1. The van der Waals surface area contributed by atoms with E-state index >= 15 is 0 Å². The molecule has 36 heavy (non-hydrogen) atoms. The maximum absolute atomic E-state index is 12.6. The molecular weight excluding hydrogens is 476 g/mol. The Morgan fingerprint density at radius 2 is 2.00 bits per heavy atom. The van der Waals surface area contributed by atoms with E-state index in [0.717, 1.165) is 23.3 Å². The van der Waals surface area contributed by atoms with Crippen molar-refractivity contribution in [3.8, 4) is 23.1 Å². The molecule has 5 rings (SSSR count). The van der Waals surface area contributed by atoms with Gasteiger partial charge in [-0.05, 0) is 44.7 Å². The van der Waals surface area contributed by atoms with Crippen molar-refractivity contribution >= 4 is 45.1 Å². The van der Waals surface area contributed by atoms with Gasteiger partial charge in [-0.2, -0.15) is 5.10 Å². The maximum atomic E-state index is 12.6. The SMILES string of the molecule is CC#CC(=O)N1CCC[C@@H](n2nc(-c3ccc(C(=O)Nc4ncc(C)s4)cc3)c3c(N)ncnc32)C1. The van der Waals surface area contributed by atoms with E-state index in [1.165, 1.54) is 17.7 Å². The van der Waals surface area contributed by atoms with Crippen molar-refractivity contribution in [1.82, 2.24) is 29.6 Å². The molecule has 0 bridgehead atoms. The number of nitrogens with two attached hydrogens (primary N) is 1. The zero-order valence-electron chi connectivity index (χ0n) is 19.9. The molecule has 1 aliphatic heterocycles. The number of nitrogens with zero attached hydrogens (tertiary/aromatic N) is 6. The fourth-order valence-electron chi connectivity index (χ4n) is 4.34. The summed E-state index contributed by atoms with van der Waals surface area (Å²) >= 11 is 1.42. The molecule has 4 aromatic rings. The van der Waals surface area contributed by atoms with E-state index in [9.17, 15) is 9.59 Å². The Labute approximate surface area is 211 Å². The molecule has 3 aromatic heterocycles. The van der Waals surface area contributed by atoms with Crippen LogP contribution in [0, 0.1) is 18.8 Å². The Morgan fingerprint density at radius 3 is 2.72 bits per heavy atom. The van der Waals surface area contributed by atoms with Crippen LogP contribution in [0.1, 0.15) is 41.0 Å². The molecule has 182 valence electrons. The van der Waals surface area contributed by atoms with Gasteiger partial charge < -0.3 is 10.6 Å². The van der Waals surface area contributed by atoms with Gasteiger partial charge in [0.25, 0.3) is 11.8 Å². The highest BCUT2D eigenvalue weighted by atomic mass is 32.1. The molecule has 0 spiro atoms. The summed E-state index contributed by atoms with van der Waals surface area (Å²) in [5.74, 6) is 5.20. The fourth-order valence-corrected chi connectivity index (χ4v) is 5.00. The number of aromatic nitrogens is 5. The van der Waals surface area contributed by atoms with Crippen LogP contribution in [0.3, 0.4) is 0 Å². The third kappa shape index (κ3) is 4.50. The van der Waals surface area contributed by atoms with Crippen molar-refractivity contribution < 1.29 is 9.59 Å². The van der Waals surface area contributed by atoms with Crippen LogP contribution >= 0.6 is 11.3 Å². The normalized spacial score (nSPS) is 15.4. The first-order chi connectivity index (χ1) is 17.4. The standard InChI is InChI=1S/C25H24N8O2S/c1-3-5-19(34)32-11-4-6-18(13-32)33-23-20(22(26)28-14-29-23)21(31-33)16-7-9-17(10-8-16)24(35)30-25-27-12-15(2)36-25/h7-10,12,14,18H,4,6,11,13H2,1-2H3,(H2,26,28,29)(H,27,30,35)/t18-/m1/s1. The highest BCUT2D eigenvalue weighted by Crippen LogP contribution is 2.34. The van der Waals surface area contributed by atoms with Crippen LogP contribution in [0.2, 0.25) is 0 Å². The maximum Gasteiger partial charge on any atom is 0.298 e. The van der Waals surface area contributed by atoms with Crippen molar-refractivity contribution in [1.29, 1.82) is 0 Å². The molecule has 10 nitrogen and oxygen atoms in total. The van der Waals surface area contributed by atoms with Gasteiger partial charge in [0, 0.05) is 35.3 Å². The molecule has 1 atom stereocenters. The van der Waals surface area contributed by atoms with Gasteiger partial charge in [0.1, 0.15) is 17.8 Å². The van der Waals surface area contributed by atoms with Crippen LogP contribution in [0.5, 0.6) is 0 Å². The number of hydrogen-bond donors (Lipinski definition) is 2. The lowest BCUT2D eigenvalue weighted by Gasteiger charge is -2.31. The average Bonchev–Trinajstić information content (AvgIpc) is 3.48. The average molecular weight is 501 g/mol. The van der Waals surface area contributed by atoms with Gasteiger partial charge in [-0.3, -0.25) is 14.9 Å². The lowest BCUT2D eigenvalue weighted by molar-refractivity contribution is -0.126. The summed E-state index contributed by atoms with van der Waals surface area (Å²) in [6.45, 7) is 4.74. The Kier molecular flexibility index (Phi) is 6.35. The first-order valence-electron chi connectivity index (χ1n) is 11.5. The van der Waals surface area contributed by atoms with E-state index < -0.39 is 0 Å². The first-order valence-corrected chi connectivity index (χ1v) is 12.3. The summed E-state index contributed by atoms with van der Waals surface area (Å²) in [5, 5.41) is 8.89. The smallest absolute Gasteiger partial charge is 0.298 e. The summed E-state index contributed by atoms with van der Waals surface area (Å²) < 4.78 is 1.84. The number of thiazole rings is 1. The molecule has 11 heteroatoms. The van der Waals surface area contributed by atoms with Crippen molar-refractivity contribution in [2.75, 3.05) is 24.1 Å². The number of amides is 2. The number of rotatable bonds is 4. The lowest BCUT2D eigenvalue weighted by Crippen LogP contribution is -2.40.